The lowest BCUT2D eigenvalue weighted by Crippen LogP contribution is -2.52. The van der Waals surface area contributed by atoms with Gasteiger partial charge in [0, 0.05) is 12.6 Å². The van der Waals surface area contributed by atoms with Gasteiger partial charge in [-0.3, -0.25) is 9.59 Å². The van der Waals surface area contributed by atoms with Crippen molar-refractivity contribution in [1.82, 2.24) is 10.2 Å². The molecule has 6 nitrogen and oxygen atoms in total. The fourth-order valence-corrected chi connectivity index (χ4v) is 3.24. The van der Waals surface area contributed by atoms with Crippen LogP contribution in [-0.4, -0.2) is 49.1 Å². The number of ether oxygens (including phenoxy) is 2. The first-order valence-electron chi connectivity index (χ1n) is 10.9. The second-order valence-electron chi connectivity index (χ2n) is 7.53. The maximum Gasteiger partial charge on any atom is 0.261 e. The van der Waals surface area contributed by atoms with Crippen molar-refractivity contribution in [1.29, 1.82) is 0 Å². The Labute approximate surface area is 185 Å². The van der Waals surface area contributed by atoms with Gasteiger partial charge in [-0.15, -0.1) is 0 Å². The van der Waals surface area contributed by atoms with Crippen LogP contribution in [0.4, 0.5) is 0 Å². The number of hydrogen-bond acceptors (Lipinski definition) is 4. The van der Waals surface area contributed by atoms with Gasteiger partial charge < -0.3 is 19.7 Å². The van der Waals surface area contributed by atoms with E-state index in [9.17, 15) is 9.59 Å². The second kappa shape index (κ2) is 12.6. The molecule has 2 unspecified atom stereocenters. The lowest BCUT2D eigenvalue weighted by molar-refractivity contribution is -0.142. The largest absolute Gasteiger partial charge is 0.497 e. The lowest BCUT2D eigenvalue weighted by atomic mass is 10.1. The van der Waals surface area contributed by atoms with Gasteiger partial charge in [0.05, 0.1) is 7.11 Å². The van der Waals surface area contributed by atoms with Gasteiger partial charge in [0.2, 0.25) is 5.91 Å². The van der Waals surface area contributed by atoms with Crippen molar-refractivity contribution in [2.24, 2.45) is 0 Å². The van der Waals surface area contributed by atoms with Crippen LogP contribution in [0.5, 0.6) is 11.5 Å². The van der Waals surface area contributed by atoms with Crippen molar-refractivity contribution in [2.45, 2.75) is 52.1 Å². The van der Waals surface area contributed by atoms with Gasteiger partial charge in [-0.05, 0) is 56.0 Å². The van der Waals surface area contributed by atoms with Crippen LogP contribution in [0.1, 0.15) is 39.2 Å². The first-order valence-corrected chi connectivity index (χ1v) is 10.9. The Morgan fingerprint density at radius 1 is 0.968 bits per heavy atom. The molecule has 0 aliphatic carbocycles. The molecule has 2 rings (SSSR count). The van der Waals surface area contributed by atoms with Crippen molar-refractivity contribution >= 4 is 11.8 Å². The Morgan fingerprint density at radius 2 is 1.61 bits per heavy atom. The highest BCUT2D eigenvalue weighted by atomic mass is 16.5. The fraction of sp³-hybridized carbons (Fsp3) is 0.440. The van der Waals surface area contributed by atoms with Crippen molar-refractivity contribution in [2.75, 3.05) is 20.3 Å². The summed E-state index contributed by atoms with van der Waals surface area (Å²) in [6.07, 6.45) is 2.04. The molecule has 0 saturated heterocycles. The van der Waals surface area contributed by atoms with Gasteiger partial charge in [-0.25, -0.2) is 0 Å². The molecule has 2 aromatic rings. The van der Waals surface area contributed by atoms with E-state index in [1.807, 2.05) is 51.1 Å². The zero-order chi connectivity index (χ0) is 22.6. The Kier molecular flexibility index (Phi) is 9.88. The number of nitrogens with zero attached hydrogens (tertiary/aromatic N) is 1. The maximum atomic E-state index is 13.1. The molecule has 0 radical (unpaired) electrons. The predicted molar refractivity (Wildman–Crippen MR) is 122 cm³/mol. The number of hydrogen-bond donors (Lipinski definition) is 1. The number of methoxy groups -OCH3 is 1. The van der Waals surface area contributed by atoms with E-state index >= 15 is 0 Å². The number of carbonyl (C=O) groups excluding carboxylic acids is 2. The zero-order valence-electron chi connectivity index (χ0n) is 19.0. The maximum absolute atomic E-state index is 13.1. The highest BCUT2D eigenvalue weighted by Gasteiger charge is 2.29. The summed E-state index contributed by atoms with van der Waals surface area (Å²) in [6, 6.07) is 16.6. The minimum Gasteiger partial charge on any atom is -0.497 e. The summed E-state index contributed by atoms with van der Waals surface area (Å²) in [5.41, 5.74) is 1.12. The van der Waals surface area contributed by atoms with E-state index < -0.39 is 6.04 Å². The van der Waals surface area contributed by atoms with E-state index in [2.05, 4.69) is 5.32 Å². The lowest BCUT2D eigenvalue weighted by Gasteiger charge is -2.31. The average Bonchev–Trinajstić information content (AvgIpc) is 2.80. The molecule has 0 saturated carbocycles. The van der Waals surface area contributed by atoms with Crippen molar-refractivity contribution < 1.29 is 19.1 Å². The summed E-state index contributed by atoms with van der Waals surface area (Å²) < 4.78 is 10.8. The van der Waals surface area contributed by atoms with Gasteiger partial charge in [-0.1, -0.05) is 44.2 Å². The summed E-state index contributed by atoms with van der Waals surface area (Å²) in [7, 11) is 1.60. The van der Waals surface area contributed by atoms with Crippen LogP contribution in [0.2, 0.25) is 0 Å². The number of nitrogens with one attached hydrogen (secondary N) is 1. The number of rotatable bonds is 12. The normalized spacial score (nSPS) is 12.5. The smallest absolute Gasteiger partial charge is 0.261 e. The molecule has 2 amide bonds. The molecule has 0 aliphatic rings. The molecule has 0 spiro atoms. The van der Waals surface area contributed by atoms with Crippen LogP contribution in [0.15, 0.2) is 54.6 Å². The molecule has 2 atom stereocenters. The third-order valence-corrected chi connectivity index (χ3v) is 5.29. The molecule has 0 heterocycles. The van der Waals surface area contributed by atoms with Crippen molar-refractivity contribution in [3.8, 4) is 11.5 Å². The van der Waals surface area contributed by atoms with Crippen LogP contribution < -0.4 is 14.8 Å². The highest BCUT2D eigenvalue weighted by molar-refractivity contribution is 5.88. The number of benzene rings is 2. The van der Waals surface area contributed by atoms with E-state index in [0.29, 0.717) is 25.1 Å². The minimum atomic E-state index is -0.537. The molecule has 0 aromatic heterocycles. The predicted octanol–water partition coefficient (Wildman–Crippen LogP) is 3.84. The number of amides is 2. The average molecular weight is 427 g/mol. The van der Waals surface area contributed by atoms with Crippen molar-refractivity contribution in [3.05, 3.63) is 60.2 Å². The van der Waals surface area contributed by atoms with Gasteiger partial charge in [0.15, 0.2) is 6.61 Å². The van der Waals surface area contributed by atoms with E-state index in [0.717, 1.165) is 17.7 Å². The Balaban J connectivity index is 2.11. The number of carbonyl (C=O) groups is 2. The molecule has 6 heteroatoms. The fourth-order valence-electron chi connectivity index (χ4n) is 3.24. The monoisotopic (exact) mass is 426 g/mol. The molecule has 168 valence electrons. The summed E-state index contributed by atoms with van der Waals surface area (Å²) in [5.74, 6) is 0.964. The SMILES string of the molecule is CCC(C)NC(=O)C(CC)N(CCc1ccccc1)C(=O)COc1ccc(OC)cc1. The van der Waals surface area contributed by atoms with Crippen molar-refractivity contribution in [3.63, 3.8) is 0 Å². The molecule has 2 aromatic carbocycles. The molecule has 0 bridgehead atoms. The topological polar surface area (TPSA) is 67.9 Å². The summed E-state index contributed by atoms with van der Waals surface area (Å²) in [4.78, 5) is 27.7. The zero-order valence-corrected chi connectivity index (χ0v) is 19.0. The van der Waals surface area contributed by atoms with Crippen LogP contribution >= 0.6 is 0 Å². The third kappa shape index (κ3) is 7.63. The summed E-state index contributed by atoms with van der Waals surface area (Å²) in [5, 5.41) is 3.01. The minimum absolute atomic E-state index is 0.0585. The van der Waals surface area contributed by atoms with Gasteiger partial charge in [-0.2, -0.15) is 0 Å². The Hall–Kier alpha value is -3.02. The summed E-state index contributed by atoms with van der Waals surface area (Å²) >= 11 is 0. The standard InChI is InChI=1S/C25H34N2O4/c1-5-19(3)26-25(29)23(6-2)27(17-16-20-10-8-7-9-11-20)24(28)18-31-22-14-12-21(30-4)13-15-22/h7-15,19,23H,5-6,16-18H2,1-4H3,(H,26,29). The molecular weight excluding hydrogens is 392 g/mol. The first kappa shape index (κ1) is 24.3. The van der Waals surface area contributed by atoms with Crippen LogP contribution in [0.25, 0.3) is 0 Å². The molecule has 1 N–H and O–H groups in total. The first-order chi connectivity index (χ1) is 15.0. The Bertz CT molecular complexity index is 808. The van der Waals surface area contributed by atoms with E-state index in [4.69, 9.17) is 9.47 Å². The van der Waals surface area contributed by atoms with E-state index in [-0.39, 0.29) is 24.5 Å². The molecule has 0 fully saturated rings. The second-order valence-corrected chi connectivity index (χ2v) is 7.53. The van der Waals surface area contributed by atoms with Crippen LogP contribution in [-0.2, 0) is 16.0 Å². The highest BCUT2D eigenvalue weighted by Crippen LogP contribution is 2.17. The van der Waals surface area contributed by atoms with Gasteiger partial charge >= 0.3 is 0 Å². The molecule has 31 heavy (non-hydrogen) atoms. The van der Waals surface area contributed by atoms with Crippen LogP contribution in [0, 0.1) is 0 Å². The van der Waals surface area contributed by atoms with E-state index in [1.54, 1.807) is 36.3 Å². The van der Waals surface area contributed by atoms with E-state index in [1.165, 1.54) is 0 Å². The van der Waals surface area contributed by atoms with Crippen LogP contribution in [0.3, 0.4) is 0 Å². The molecular formula is C25H34N2O4. The molecule has 0 aliphatic heterocycles. The van der Waals surface area contributed by atoms with Gasteiger partial charge in [0.1, 0.15) is 17.5 Å². The quantitative estimate of drug-likeness (QED) is 0.560. The third-order valence-electron chi connectivity index (χ3n) is 5.29. The Morgan fingerprint density at radius 3 is 2.19 bits per heavy atom. The van der Waals surface area contributed by atoms with Gasteiger partial charge in [0.25, 0.3) is 5.91 Å². The summed E-state index contributed by atoms with van der Waals surface area (Å²) in [6.45, 7) is 6.23.